The van der Waals surface area contributed by atoms with Crippen molar-refractivity contribution < 1.29 is 13.8 Å². The average molecular weight is 453 g/mol. The first-order chi connectivity index (χ1) is 13.6. The Labute approximate surface area is 179 Å². The molecule has 0 radical (unpaired) electrons. The Kier molecular flexibility index (Phi) is 7.93. The first-order valence-corrected chi connectivity index (χ1v) is 11.5. The number of carbonyl (C=O) groups is 2. The van der Waals surface area contributed by atoms with Gasteiger partial charge in [0.2, 0.25) is 5.91 Å². The molecular weight excluding hydrogens is 432 g/mol. The van der Waals surface area contributed by atoms with Gasteiger partial charge in [0.05, 0.1) is 29.1 Å². The Morgan fingerprint density at radius 2 is 2.00 bits per heavy atom. The third-order valence-electron chi connectivity index (χ3n) is 3.78. The van der Waals surface area contributed by atoms with Crippen LogP contribution in [0.3, 0.4) is 0 Å². The number of benzene rings is 1. The van der Waals surface area contributed by atoms with Gasteiger partial charge >= 0.3 is 0 Å². The van der Waals surface area contributed by atoms with Gasteiger partial charge in [-0.1, -0.05) is 37.6 Å². The summed E-state index contributed by atoms with van der Waals surface area (Å²) in [5.41, 5.74) is 6.94. The summed E-state index contributed by atoms with van der Waals surface area (Å²) < 4.78 is 19.8. The molecule has 29 heavy (non-hydrogen) atoms. The molecule has 1 unspecified atom stereocenters. The molecule has 10 heteroatoms. The van der Waals surface area contributed by atoms with Gasteiger partial charge in [-0.15, -0.1) is 15.7 Å². The Hall–Kier alpha value is -2.25. The molecule has 0 saturated carbocycles. The van der Waals surface area contributed by atoms with E-state index in [1.807, 2.05) is 19.9 Å². The van der Waals surface area contributed by atoms with Gasteiger partial charge in [-0.2, -0.15) is 5.26 Å². The van der Waals surface area contributed by atoms with Crippen LogP contribution in [-0.2, 0) is 25.9 Å². The lowest BCUT2D eigenvalue weighted by atomic mass is 10.0. The van der Waals surface area contributed by atoms with E-state index < -0.39 is 27.8 Å². The van der Waals surface area contributed by atoms with Gasteiger partial charge < -0.3 is 5.73 Å². The van der Waals surface area contributed by atoms with Crippen LogP contribution in [0.5, 0.6) is 0 Å². The van der Waals surface area contributed by atoms with Crippen LogP contribution in [0.15, 0.2) is 44.3 Å². The topological polar surface area (TPSA) is 125 Å². The van der Waals surface area contributed by atoms with Gasteiger partial charge in [-0.25, -0.2) is 4.21 Å². The summed E-state index contributed by atoms with van der Waals surface area (Å²) in [5.74, 6) is -1.17. The number of halogens is 1. The second-order valence-corrected chi connectivity index (χ2v) is 10.3. The van der Waals surface area contributed by atoms with Crippen LogP contribution in [0.4, 0.5) is 0 Å². The predicted octanol–water partition coefficient (Wildman–Crippen LogP) is 3.27. The molecule has 7 nitrogen and oxygen atoms in total. The monoisotopic (exact) mass is 452 g/mol. The number of carbonyl (C=O) groups excluding carboxylic acids is 2. The molecule has 1 aromatic heterocycles. The van der Waals surface area contributed by atoms with Crippen molar-refractivity contribution in [3.05, 3.63) is 51.9 Å². The summed E-state index contributed by atoms with van der Waals surface area (Å²) in [4.78, 5) is 24.9. The lowest BCUT2D eigenvalue weighted by molar-refractivity contribution is -0.119. The van der Waals surface area contributed by atoms with Crippen molar-refractivity contribution in [2.24, 2.45) is 16.0 Å². The molecule has 0 aliphatic rings. The summed E-state index contributed by atoms with van der Waals surface area (Å²) in [7, 11) is -3.58. The van der Waals surface area contributed by atoms with E-state index in [0.29, 0.717) is 22.6 Å². The minimum absolute atomic E-state index is 0.0937. The molecule has 2 aromatic rings. The molecule has 0 aliphatic heterocycles. The largest absolute Gasteiger partial charge is 0.320 e. The molecule has 0 bridgehead atoms. The van der Waals surface area contributed by atoms with Crippen molar-refractivity contribution in [2.75, 3.05) is 0 Å². The van der Waals surface area contributed by atoms with E-state index in [-0.39, 0.29) is 16.5 Å². The predicted molar refractivity (Wildman–Crippen MR) is 114 cm³/mol. The highest BCUT2D eigenvalue weighted by Crippen LogP contribution is 2.25. The number of rotatable bonds is 7. The number of thiophene rings is 1. The van der Waals surface area contributed by atoms with E-state index in [1.54, 1.807) is 24.3 Å². The van der Waals surface area contributed by atoms with Crippen LogP contribution in [0.25, 0.3) is 0 Å². The maximum absolute atomic E-state index is 13.4. The van der Waals surface area contributed by atoms with Gasteiger partial charge in [0.15, 0.2) is 9.92 Å². The highest BCUT2D eigenvalue weighted by molar-refractivity contribution is 7.94. The first kappa shape index (κ1) is 23.0. The minimum Gasteiger partial charge on any atom is -0.320 e. The molecule has 2 amide bonds. The van der Waals surface area contributed by atoms with Crippen LogP contribution >= 0.6 is 22.9 Å². The number of nitrogens with one attached hydrogen (secondary N) is 1. The third-order valence-corrected chi connectivity index (χ3v) is 7.42. The van der Waals surface area contributed by atoms with E-state index in [0.717, 1.165) is 11.3 Å². The number of nitriles is 1. The van der Waals surface area contributed by atoms with E-state index >= 15 is 0 Å². The SMILES string of the molecule is CC(C)C[C@H](N)C(=O)N=S(=O)(NC(=O)Cc1ccc(C#N)cc1)c1cc(Cl)cs1. The van der Waals surface area contributed by atoms with Gasteiger partial charge in [-0.3, -0.25) is 14.3 Å². The van der Waals surface area contributed by atoms with Crippen LogP contribution in [-0.4, -0.2) is 22.1 Å². The molecule has 2 rings (SSSR count). The molecule has 0 aliphatic carbocycles. The number of hydrogen-bond donors (Lipinski definition) is 2. The summed E-state index contributed by atoms with van der Waals surface area (Å²) in [6.07, 6.45) is 0.284. The smallest absolute Gasteiger partial charge is 0.272 e. The summed E-state index contributed by atoms with van der Waals surface area (Å²) in [5, 5.41) is 10.7. The molecule has 1 heterocycles. The summed E-state index contributed by atoms with van der Waals surface area (Å²) >= 11 is 6.96. The minimum atomic E-state index is -3.58. The highest BCUT2D eigenvalue weighted by atomic mass is 35.5. The van der Waals surface area contributed by atoms with E-state index in [9.17, 15) is 13.8 Å². The number of amides is 2. The van der Waals surface area contributed by atoms with E-state index in [2.05, 4.69) is 9.08 Å². The van der Waals surface area contributed by atoms with Gasteiger partial charge in [-0.05, 0) is 36.1 Å². The third kappa shape index (κ3) is 6.65. The van der Waals surface area contributed by atoms with Crippen molar-refractivity contribution in [3.63, 3.8) is 0 Å². The summed E-state index contributed by atoms with van der Waals surface area (Å²) in [6, 6.07) is 8.90. The Bertz CT molecular complexity index is 1050. The van der Waals surface area contributed by atoms with Crippen LogP contribution in [0, 0.1) is 17.2 Å². The Morgan fingerprint density at radius 3 is 2.52 bits per heavy atom. The number of nitrogens with zero attached hydrogens (tertiary/aromatic N) is 2. The van der Waals surface area contributed by atoms with E-state index in [1.165, 1.54) is 11.4 Å². The van der Waals surface area contributed by atoms with Crippen molar-refractivity contribution in [1.29, 1.82) is 5.26 Å². The number of hydrogen-bond acceptors (Lipinski definition) is 6. The van der Waals surface area contributed by atoms with Crippen molar-refractivity contribution >= 4 is 44.7 Å². The molecule has 154 valence electrons. The van der Waals surface area contributed by atoms with Crippen LogP contribution in [0.1, 0.15) is 31.4 Å². The zero-order chi connectivity index (χ0) is 21.6. The maximum atomic E-state index is 13.4. The lowest BCUT2D eigenvalue weighted by Gasteiger charge is -2.13. The van der Waals surface area contributed by atoms with Gasteiger partial charge in [0.25, 0.3) is 5.91 Å². The van der Waals surface area contributed by atoms with Crippen LogP contribution in [0.2, 0.25) is 5.02 Å². The molecule has 0 saturated heterocycles. The zero-order valence-electron chi connectivity index (χ0n) is 15.9. The van der Waals surface area contributed by atoms with Crippen LogP contribution < -0.4 is 10.5 Å². The highest BCUT2D eigenvalue weighted by Gasteiger charge is 2.23. The molecule has 0 spiro atoms. The molecule has 0 fully saturated rings. The van der Waals surface area contributed by atoms with E-state index in [4.69, 9.17) is 22.6 Å². The first-order valence-electron chi connectivity index (χ1n) is 8.73. The fourth-order valence-corrected chi connectivity index (χ4v) is 5.49. The molecule has 2 atom stereocenters. The average Bonchev–Trinajstić information content (AvgIpc) is 3.08. The molecule has 3 N–H and O–H groups in total. The van der Waals surface area contributed by atoms with Gasteiger partial charge in [0, 0.05) is 5.38 Å². The van der Waals surface area contributed by atoms with Crippen molar-refractivity contribution in [1.82, 2.24) is 4.72 Å². The van der Waals surface area contributed by atoms with Gasteiger partial charge in [0.1, 0.15) is 4.21 Å². The zero-order valence-corrected chi connectivity index (χ0v) is 18.3. The Balaban J connectivity index is 2.29. The lowest BCUT2D eigenvalue weighted by Crippen LogP contribution is -2.35. The standard InChI is InChI=1S/C19H21ClN4O3S2/c1-12(2)7-16(22)19(26)24-29(27,18-9-15(20)11-28-18)23-17(25)8-13-3-5-14(10-21)6-4-13/h3-6,9,11-12,16H,7-8,22H2,1-2H3,(H,23,24,25,26,27)/t16-,29?/m0/s1. The second kappa shape index (κ2) is 9.98. The summed E-state index contributed by atoms with van der Waals surface area (Å²) in [6.45, 7) is 3.81. The molecular formula is C19H21ClN4O3S2. The van der Waals surface area contributed by atoms with Crippen molar-refractivity contribution in [3.8, 4) is 6.07 Å². The normalized spacial score (nSPS) is 13.9. The maximum Gasteiger partial charge on any atom is 0.272 e. The quantitative estimate of drug-likeness (QED) is 0.666. The number of nitrogens with two attached hydrogens (primary N) is 1. The second-order valence-electron chi connectivity index (χ2n) is 6.79. The van der Waals surface area contributed by atoms with Crippen molar-refractivity contribution in [2.45, 2.75) is 36.9 Å². The molecule has 1 aromatic carbocycles. The Morgan fingerprint density at radius 1 is 1.34 bits per heavy atom. The fourth-order valence-electron chi connectivity index (χ4n) is 2.43. The fraction of sp³-hybridized carbons (Fsp3) is 0.316.